The van der Waals surface area contributed by atoms with Crippen LogP contribution in [0.15, 0.2) is 65.5 Å². The molecule has 3 aromatic rings. The molecule has 0 spiro atoms. The summed E-state index contributed by atoms with van der Waals surface area (Å²) < 4.78 is 1.80. The molecular formula is C17H16N2O. The molecule has 0 amide bonds. The zero-order valence-electron chi connectivity index (χ0n) is 11.1. The van der Waals surface area contributed by atoms with E-state index in [9.17, 15) is 4.79 Å². The van der Waals surface area contributed by atoms with E-state index >= 15 is 0 Å². The van der Waals surface area contributed by atoms with Gasteiger partial charge in [-0.3, -0.25) is 4.79 Å². The maximum Gasteiger partial charge on any atom is 0.251 e. The highest BCUT2D eigenvalue weighted by molar-refractivity contribution is 5.78. The normalized spacial score (nSPS) is 10.8. The Morgan fingerprint density at radius 1 is 0.900 bits per heavy atom. The molecule has 2 N–H and O–H groups in total. The molecule has 3 nitrogen and oxygen atoms in total. The first-order valence-corrected chi connectivity index (χ1v) is 6.64. The van der Waals surface area contributed by atoms with Gasteiger partial charge >= 0.3 is 0 Å². The second kappa shape index (κ2) is 5.31. The summed E-state index contributed by atoms with van der Waals surface area (Å²) in [7, 11) is 0. The molecule has 3 heteroatoms. The van der Waals surface area contributed by atoms with Crippen LogP contribution < -0.4 is 11.3 Å². The molecule has 20 heavy (non-hydrogen) atoms. The van der Waals surface area contributed by atoms with Crippen molar-refractivity contribution in [2.45, 2.75) is 13.1 Å². The first kappa shape index (κ1) is 12.6. The smallest absolute Gasteiger partial charge is 0.251 e. The van der Waals surface area contributed by atoms with Crippen LogP contribution in [0, 0.1) is 0 Å². The van der Waals surface area contributed by atoms with Gasteiger partial charge in [0.05, 0.1) is 12.1 Å². The molecule has 0 atom stereocenters. The van der Waals surface area contributed by atoms with Crippen LogP contribution in [-0.2, 0) is 13.1 Å². The van der Waals surface area contributed by atoms with Gasteiger partial charge in [-0.1, -0.05) is 42.5 Å². The van der Waals surface area contributed by atoms with E-state index in [2.05, 4.69) is 0 Å². The molecule has 1 heterocycles. The largest absolute Gasteiger partial charge is 0.326 e. The molecular weight excluding hydrogens is 248 g/mol. The van der Waals surface area contributed by atoms with Gasteiger partial charge in [-0.15, -0.1) is 0 Å². The van der Waals surface area contributed by atoms with Crippen molar-refractivity contribution in [1.29, 1.82) is 0 Å². The molecule has 2 aromatic carbocycles. The molecule has 0 radical (unpaired) electrons. The van der Waals surface area contributed by atoms with Crippen molar-refractivity contribution < 1.29 is 0 Å². The van der Waals surface area contributed by atoms with E-state index in [4.69, 9.17) is 5.73 Å². The highest BCUT2D eigenvalue weighted by atomic mass is 16.1. The van der Waals surface area contributed by atoms with Crippen molar-refractivity contribution in [2.24, 2.45) is 5.73 Å². The van der Waals surface area contributed by atoms with Crippen molar-refractivity contribution in [1.82, 2.24) is 4.57 Å². The lowest BCUT2D eigenvalue weighted by Gasteiger charge is -2.10. The van der Waals surface area contributed by atoms with Crippen molar-refractivity contribution in [3.8, 4) is 0 Å². The second-order valence-electron chi connectivity index (χ2n) is 4.84. The van der Waals surface area contributed by atoms with Gasteiger partial charge in [0.25, 0.3) is 5.56 Å². The van der Waals surface area contributed by atoms with E-state index in [0.717, 1.165) is 22.0 Å². The van der Waals surface area contributed by atoms with Gasteiger partial charge in [-0.25, -0.2) is 0 Å². The molecule has 0 bridgehead atoms. The summed E-state index contributed by atoms with van der Waals surface area (Å²) in [6, 6.07) is 19.5. The highest BCUT2D eigenvalue weighted by Gasteiger charge is 2.03. The van der Waals surface area contributed by atoms with Crippen molar-refractivity contribution in [3.05, 3.63) is 82.1 Å². The third-order valence-corrected chi connectivity index (χ3v) is 3.47. The number of hydrogen-bond donors (Lipinski definition) is 1. The van der Waals surface area contributed by atoms with E-state index < -0.39 is 0 Å². The molecule has 0 fully saturated rings. The van der Waals surface area contributed by atoms with Gasteiger partial charge in [-0.05, 0) is 28.6 Å². The Balaban J connectivity index is 2.10. The zero-order chi connectivity index (χ0) is 13.9. The Morgan fingerprint density at radius 3 is 2.55 bits per heavy atom. The fourth-order valence-corrected chi connectivity index (χ4v) is 2.44. The minimum atomic E-state index is 0.0156. The maximum absolute atomic E-state index is 12.1. The zero-order valence-corrected chi connectivity index (χ0v) is 11.1. The van der Waals surface area contributed by atoms with Crippen LogP contribution in [0.25, 0.3) is 10.9 Å². The minimum Gasteiger partial charge on any atom is -0.326 e. The number of para-hydroxylation sites is 1. The summed E-state index contributed by atoms with van der Waals surface area (Å²) in [5.41, 5.74) is 8.80. The van der Waals surface area contributed by atoms with E-state index in [1.165, 1.54) is 0 Å². The second-order valence-corrected chi connectivity index (χ2v) is 4.84. The highest BCUT2D eigenvalue weighted by Crippen LogP contribution is 2.13. The lowest BCUT2D eigenvalue weighted by molar-refractivity contribution is 0.793. The van der Waals surface area contributed by atoms with E-state index in [-0.39, 0.29) is 5.56 Å². The fourth-order valence-electron chi connectivity index (χ4n) is 2.44. The quantitative estimate of drug-likeness (QED) is 0.790. The number of hydrogen-bond acceptors (Lipinski definition) is 2. The van der Waals surface area contributed by atoms with E-state index in [1.807, 2.05) is 54.6 Å². The predicted octanol–water partition coefficient (Wildman–Crippen LogP) is 2.51. The van der Waals surface area contributed by atoms with E-state index in [0.29, 0.717) is 13.1 Å². The molecule has 0 saturated heterocycles. The molecule has 0 aliphatic carbocycles. The van der Waals surface area contributed by atoms with Crippen LogP contribution in [0.2, 0.25) is 0 Å². The number of nitrogens with two attached hydrogens (primary N) is 1. The van der Waals surface area contributed by atoms with Gasteiger partial charge < -0.3 is 10.3 Å². The van der Waals surface area contributed by atoms with Crippen LogP contribution in [-0.4, -0.2) is 4.57 Å². The topological polar surface area (TPSA) is 48.0 Å². The Kier molecular flexibility index (Phi) is 3.35. The van der Waals surface area contributed by atoms with Gasteiger partial charge in [0.2, 0.25) is 0 Å². The van der Waals surface area contributed by atoms with Gasteiger partial charge in [0, 0.05) is 12.6 Å². The number of nitrogens with zero attached hydrogens (tertiary/aromatic N) is 1. The summed E-state index contributed by atoms with van der Waals surface area (Å²) in [4.78, 5) is 12.1. The fraction of sp³-hybridized carbons (Fsp3) is 0.118. The average Bonchev–Trinajstić information content (AvgIpc) is 2.50. The standard InChI is InChI=1S/C17H16N2O/c18-11-13-4-3-5-14(10-13)12-19-16-7-2-1-6-15(16)8-9-17(19)20/h1-10H,11-12,18H2. The third-order valence-electron chi connectivity index (χ3n) is 3.47. The minimum absolute atomic E-state index is 0.0156. The van der Waals surface area contributed by atoms with Crippen molar-refractivity contribution in [2.75, 3.05) is 0 Å². The van der Waals surface area contributed by atoms with Crippen LogP contribution in [0.4, 0.5) is 0 Å². The Morgan fingerprint density at radius 2 is 1.70 bits per heavy atom. The van der Waals surface area contributed by atoms with Crippen LogP contribution >= 0.6 is 0 Å². The molecule has 0 unspecified atom stereocenters. The maximum atomic E-state index is 12.1. The average molecular weight is 264 g/mol. The molecule has 100 valence electrons. The first-order valence-electron chi connectivity index (χ1n) is 6.64. The summed E-state index contributed by atoms with van der Waals surface area (Å²) in [6.07, 6.45) is 0. The number of aromatic nitrogens is 1. The molecule has 3 rings (SSSR count). The van der Waals surface area contributed by atoms with Crippen molar-refractivity contribution in [3.63, 3.8) is 0 Å². The molecule has 0 aliphatic heterocycles. The summed E-state index contributed by atoms with van der Waals surface area (Å²) in [5.74, 6) is 0. The number of rotatable bonds is 3. The van der Waals surface area contributed by atoms with Gasteiger partial charge in [0.15, 0.2) is 0 Å². The molecule has 1 aromatic heterocycles. The van der Waals surface area contributed by atoms with E-state index in [1.54, 1.807) is 10.6 Å². The van der Waals surface area contributed by atoms with Crippen LogP contribution in [0.5, 0.6) is 0 Å². The predicted molar refractivity (Wildman–Crippen MR) is 81.6 cm³/mol. The summed E-state index contributed by atoms with van der Waals surface area (Å²) >= 11 is 0. The Labute approximate surface area is 117 Å². The Hall–Kier alpha value is -2.39. The van der Waals surface area contributed by atoms with Crippen molar-refractivity contribution >= 4 is 10.9 Å². The molecule has 0 saturated carbocycles. The SMILES string of the molecule is NCc1cccc(Cn2c(=O)ccc3ccccc32)c1. The monoisotopic (exact) mass is 264 g/mol. The lowest BCUT2D eigenvalue weighted by Crippen LogP contribution is -2.20. The molecule has 0 aliphatic rings. The Bertz CT molecular complexity index is 805. The van der Waals surface area contributed by atoms with Gasteiger partial charge in [0.1, 0.15) is 0 Å². The van der Waals surface area contributed by atoms with Gasteiger partial charge in [-0.2, -0.15) is 0 Å². The third kappa shape index (κ3) is 2.36. The number of pyridine rings is 1. The summed E-state index contributed by atoms with van der Waals surface area (Å²) in [6.45, 7) is 1.08. The first-order chi connectivity index (χ1) is 9.78. The van der Waals surface area contributed by atoms with Crippen LogP contribution in [0.3, 0.4) is 0 Å². The summed E-state index contributed by atoms with van der Waals surface area (Å²) in [5, 5.41) is 1.07. The lowest BCUT2D eigenvalue weighted by atomic mass is 10.1. The van der Waals surface area contributed by atoms with Crippen LogP contribution in [0.1, 0.15) is 11.1 Å². The number of benzene rings is 2. The number of fused-ring (bicyclic) bond motifs is 1.